The van der Waals surface area contributed by atoms with E-state index < -0.39 is 0 Å². The van der Waals surface area contributed by atoms with Crippen LogP contribution in [0, 0.1) is 6.92 Å². The lowest BCUT2D eigenvalue weighted by Gasteiger charge is -2.21. The zero-order valence-corrected chi connectivity index (χ0v) is 15.4. The van der Waals surface area contributed by atoms with Crippen LogP contribution in [0.2, 0.25) is 0 Å². The Balaban J connectivity index is 2.31. The quantitative estimate of drug-likeness (QED) is 0.836. The summed E-state index contributed by atoms with van der Waals surface area (Å²) in [5.41, 5.74) is 8.54. The third kappa shape index (κ3) is 4.47. The van der Waals surface area contributed by atoms with Crippen molar-refractivity contribution in [3.8, 4) is 5.75 Å². The molecule has 6 nitrogen and oxygen atoms in total. The van der Waals surface area contributed by atoms with Gasteiger partial charge in [-0.05, 0) is 44.9 Å². The van der Waals surface area contributed by atoms with E-state index in [1.54, 1.807) is 11.8 Å². The van der Waals surface area contributed by atoms with Crippen molar-refractivity contribution in [2.24, 2.45) is 0 Å². The molecule has 2 rings (SSSR count). The first-order valence-electron chi connectivity index (χ1n) is 8.64. The lowest BCUT2D eigenvalue weighted by atomic mass is 10.1. The number of nitrogens with zero attached hydrogens (tertiary/aromatic N) is 3. The van der Waals surface area contributed by atoms with Crippen LogP contribution in [0.25, 0.3) is 0 Å². The molecule has 0 fully saturated rings. The summed E-state index contributed by atoms with van der Waals surface area (Å²) in [4.78, 5) is 23.0. The fourth-order valence-corrected chi connectivity index (χ4v) is 2.71. The van der Waals surface area contributed by atoms with Gasteiger partial charge in [0.1, 0.15) is 12.4 Å². The molecule has 0 spiro atoms. The van der Waals surface area contributed by atoms with E-state index in [0.29, 0.717) is 30.0 Å². The number of ether oxygens (including phenoxy) is 1. The van der Waals surface area contributed by atoms with Gasteiger partial charge in [-0.3, -0.25) is 4.79 Å². The molecule has 1 aromatic heterocycles. The Bertz CT molecular complexity index is 742. The Morgan fingerprint density at radius 3 is 2.56 bits per heavy atom. The van der Waals surface area contributed by atoms with E-state index in [4.69, 9.17) is 10.5 Å². The maximum absolute atomic E-state index is 12.8. The molecule has 134 valence electrons. The average Bonchev–Trinajstić information content (AvgIpc) is 2.60. The highest BCUT2D eigenvalue weighted by atomic mass is 16.5. The third-order valence-corrected chi connectivity index (χ3v) is 4.13. The molecule has 0 saturated carbocycles. The standard InChI is InChI=1S/C19H26N4O2/c1-5-14-9-8-10-15(11-14)25-12-16-17(13(4)21-19(20)22-16)18(24)23(6-2)7-3/h8-11H,5-7,12H2,1-4H3,(H2,20,21,22). The molecule has 1 amide bonds. The van der Waals surface area contributed by atoms with Gasteiger partial charge in [-0.2, -0.15) is 0 Å². The molecule has 0 aliphatic heterocycles. The second-order valence-electron chi connectivity index (χ2n) is 5.76. The first-order valence-corrected chi connectivity index (χ1v) is 8.64. The number of aryl methyl sites for hydroxylation is 2. The Morgan fingerprint density at radius 1 is 1.20 bits per heavy atom. The Kier molecular flexibility index (Phi) is 6.33. The van der Waals surface area contributed by atoms with Crippen molar-refractivity contribution in [1.29, 1.82) is 0 Å². The molecule has 6 heteroatoms. The molecule has 0 aliphatic carbocycles. The molecule has 0 bridgehead atoms. The highest BCUT2D eigenvalue weighted by Gasteiger charge is 2.22. The van der Waals surface area contributed by atoms with Gasteiger partial charge < -0.3 is 15.4 Å². The minimum atomic E-state index is -0.0941. The lowest BCUT2D eigenvalue weighted by Crippen LogP contribution is -2.32. The van der Waals surface area contributed by atoms with E-state index in [1.165, 1.54) is 5.56 Å². The predicted molar refractivity (Wildman–Crippen MR) is 98.6 cm³/mol. The first kappa shape index (κ1) is 18.7. The van der Waals surface area contributed by atoms with Crippen LogP contribution < -0.4 is 10.5 Å². The summed E-state index contributed by atoms with van der Waals surface area (Å²) in [6, 6.07) is 7.89. The normalized spacial score (nSPS) is 10.6. The van der Waals surface area contributed by atoms with Crippen molar-refractivity contribution < 1.29 is 9.53 Å². The number of anilines is 1. The highest BCUT2D eigenvalue weighted by molar-refractivity contribution is 5.96. The first-order chi connectivity index (χ1) is 12.0. The minimum Gasteiger partial charge on any atom is -0.487 e. The number of amides is 1. The number of hydrogen-bond donors (Lipinski definition) is 1. The van der Waals surface area contributed by atoms with Gasteiger partial charge in [0.15, 0.2) is 0 Å². The third-order valence-electron chi connectivity index (χ3n) is 4.13. The van der Waals surface area contributed by atoms with E-state index in [-0.39, 0.29) is 18.5 Å². The van der Waals surface area contributed by atoms with Gasteiger partial charge in [-0.15, -0.1) is 0 Å². The van der Waals surface area contributed by atoms with Gasteiger partial charge in [0.25, 0.3) is 5.91 Å². The fourth-order valence-electron chi connectivity index (χ4n) is 2.71. The molecule has 1 heterocycles. The maximum Gasteiger partial charge on any atom is 0.257 e. The predicted octanol–water partition coefficient (Wildman–Crippen LogP) is 2.99. The van der Waals surface area contributed by atoms with Crippen molar-refractivity contribution in [1.82, 2.24) is 14.9 Å². The average molecular weight is 342 g/mol. The maximum atomic E-state index is 12.8. The molecule has 0 aliphatic rings. The highest BCUT2D eigenvalue weighted by Crippen LogP contribution is 2.19. The van der Waals surface area contributed by atoms with Crippen LogP contribution in [0.3, 0.4) is 0 Å². The number of carbonyl (C=O) groups excluding carboxylic acids is 1. The van der Waals surface area contributed by atoms with Crippen molar-refractivity contribution in [3.05, 3.63) is 46.8 Å². The zero-order valence-electron chi connectivity index (χ0n) is 15.4. The van der Waals surface area contributed by atoms with E-state index in [1.807, 2.05) is 32.0 Å². The number of aromatic nitrogens is 2. The van der Waals surface area contributed by atoms with Gasteiger partial charge in [-0.1, -0.05) is 19.1 Å². The molecule has 0 atom stereocenters. The van der Waals surface area contributed by atoms with Gasteiger partial charge in [0.05, 0.1) is 17.0 Å². The number of hydrogen-bond acceptors (Lipinski definition) is 5. The van der Waals surface area contributed by atoms with E-state index in [0.717, 1.165) is 12.2 Å². The zero-order chi connectivity index (χ0) is 18.4. The molecule has 2 aromatic rings. The van der Waals surface area contributed by atoms with Crippen LogP contribution in [0.15, 0.2) is 24.3 Å². The number of carbonyl (C=O) groups is 1. The van der Waals surface area contributed by atoms with Crippen molar-refractivity contribution in [2.75, 3.05) is 18.8 Å². The summed E-state index contributed by atoms with van der Waals surface area (Å²) in [6.45, 7) is 9.17. The molecular weight excluding hydrogens is 316 g/mol. The van der Waals surface area contributed by atoms with E-state index >= 15 is 0 Å². The van der Waals surface area contributed by atoms with Crippen LogP contribution in [-0.2, 0) is 13.0 Å². The molecule has 0 saturated heterocycles. The second-order valence-corrected chi connectivity index (χ2v) is 5.76. The monoisotopic (exact) mass is 342 g/mol. The molecule has 0 radical (unpaired) electrons. The molecular formula is C19H26N4O2. The van der Waals surface area contributed by atoms with Gasteiger partial charge in [0.2, 0.25) is 5.95 Å². The van der Waals surface area contributed by atoms with E-state index in [9.17, 15) is 4.79 Å². The molecule has 2 N–H and O–H groups in total. The van der Waals surface area contributed by atoms with Gasteiger partial charge >= 0.3 is 0 Å². The molecule has 1 aromatic carbocycles. The van der Waals surface area contributed by atoms with Crippen molar-refractivity contribution in [2.45, 2.75) is 40.7 Å². The largest absolute Gasteiger partial charge is 0.487 e. The number of nitrogens with two attached hydrogens (primary N) is 1. The molecule has 0 unspecified atom stereocenters. The van der Waals surface area contributed by atoms with Crippen molar-refractivity contribution >= 4 is 11.9 Å². The number of benzene rings is 1. The van der Waals surface area contributed by atoms with Crippen molar-refractivity contribution in [3.63, 3.8) is 0 Å². The van der Waals surface area contributed by atoms with Crippen LogP contribution in [-0.4, -0.2) is 33.9 Å². The Morgan fingerprint density at radius 2 is 1.92 bits per heavy atom. The van der Waals surface area contributed by atoms with E-state index in [2.05, 4.69) is 23.0 Å². The SMILES string of the molecule is CCc1cccc(OCc2nc(N)nc(C)c2C(=O)N(CC)CC)c1. The summed E-state index contributed by atoms with van der Waals surface area (Å²) in [5, 5.41) is 0. The van der Waals surface area contributed by atoms with Gasteiger partial charge in [-0.25, -0.2) is 9.97 Å². The topological polar surface area (TPSA) is 81.3 Å². The molecule has 25 heavy (non-hydrogen) atoms. The second kappa shape index (κ2) is 8.46. The van der Waals surface area contributed by atoms with Crippen LogP contribution in [0.4, 0.5) is 5.95 Å². The number of rotatable bonds is 7. The smallest absolute Gasteiger partial charge is 0.257 e. The Hall–Kier alpha value is -2.63. The van der Waals surface area contributed by atoms with Crippen LogP contribution in [0.5, 0.6) is 5.75 Å². The van der Waals surface area contributed by atoms with Gasteiger partial charge in [0, 0.05) is 13.1 Å². The minimum absolute atomic E-state index is 0.0941. The Labute approximate surface area is 149 Å². The summed E-state index contributed by atoms with van der Waals surface area (Å²) in [7, 11) is 0. The fraction of sp³-hybridized carbons (Fsp3) is 0.421. The number of nitrogen functional groups attached to an aromatic ring is 1. The summed E-state index contributed by atoms with van der Waals surface area (Å²) >= 11 is 0. The summed E-state index contributed by atoms with van der Waals surface area (Å²) in [5.74, 6) is 0.799. The van der Waals surface area contributed by atoms with Crippen LogP contribution >= 0.6 is 0 Å². The lowest BCUT2D eigenvalue weighted by molar-refractivity contribution is 0.0768. The summed E-state index contributed by atoms with van der Waals surface area (Å²) < 4.78 is 5.87. The summed E-state index contributed by atoms with van der Waals surface area (Å²) in [6.07, 6.45) is 0.933. The van der Waals surface area contributed by atoms with Crippen LogP contribution in [0.1, 0.15) is 48.1 Å².